The van der Waals surface area contributed by atoms with Gasteiger partial charge in [0.25, 0.3) is 5.91 Å². The maximum Gasteiger partial charge on any atom is 0.260 e. The third kappa shape index (κ3) is 3.44. The molecule has 0 aliphatic rings. The second kappa shape index (κ2) is 7.27. The van der Waals surface area contributed by atoms with Crippen LogP contribution in [0, 0.1) is 0 Å². The molecule has 1 N–H and O–H groups in total. The number of ether oxygens (including phenoxy) is 2. The molecule has 128 valence electrons. The summed E-state index contributed by atoms with van der Waals surface area (Å²) >= 11 is 5.91. The number of hydrogen-bond donors (Lipinski definition) is 1. The molecule has 0 spiro atoms. The Morgan fingerprint density at radius 3 is 2.52 bits per heavy atom. The lowest BCUT2D eigenvalue weighted by Gasteiger charge is -2.13. The van der Waals surface area contributed by atoms with E-state index in [2.05, 4.69) is 10.4 Å². The van der Waals surface area contributed by atoms with Crippen molar-refractivity contribution in [3.05, 3.63) is 65.3 Å². The SMILES string of the molecule is COc1cccc(C(=O)Nc2ccnn2-c2ccc(Cl)cc2)c1OC. The van der Waals surface area contributed by atoms with Gasteiger partial charge in [0.2, 0.25) is 0 Å². The van der Waals surface area contributed by atoms with Gasteiger partial charge in [-0.05, 0) is 36.4 Å². The number of halogens is 1. The van der Waals surface area contributed by atoms with Gasteiger partial charge in [-0.15, -0.1) is 0 Å². The highest BCUT2D eigenvalue weighted by Crippen LogP contribution is 2.31. The number of amides is 1. The maximum absolute atomic E-state index is 12.7. The molecule has 2 aromatic carbocycles. The molecule has 1 aromatic heterocycles. The van der Waals surface area contributed by atoms with Crippen LogP contribution < -0.4 is 14.8 Å². The van der Waals surface area contributed by atoms with E-state index in [0.717, 1.165) is 5.69 Å². The highest BCUT2D eigenvalue weighted by atomic mass is 35.5. The molecular formula is C18H16ClN3O3. The monoisotopic (exact) mass is 357 g/mol. The van der Waals surface area contributed by atoms with Crippen LogP contribution in [0.3, 0.4) is 0 Å². The van der Waals surface area contributed by atoms with Crippen molar-refractivity contribution >= 4 is 23.3 Å². The van der Waals surface area contributed by atoms with Crippen molar-refractivity contribution in [2.45, 2.75) is 0 Å². The third-order valence-electron chi connectivity index (χ3n) is 3.60. The van der Waals surface area contributed by atoms with Gasteiger partial charge in [0.1, 0.15) is 5.82 Å². The van der Waals surface area contributed by atoms with Gasteiger partial charge in [0.05, 0.1) is 31.7 Å². The minimum absolute atomic E-state index is 0.327. The first-order chi connectivity index (χ1) is 12.1. The van der Waals surface area contributed by atoms with Gasteiger partial charge in [0.15, 0.2) is 11.5 Å². The van der Waals surface area contributed by atoms with E-state index in [9.17, 15) is 4.79 Å². The first kappa shape index (κ1) is 16.9. The lowest BCUT2D eigenvalue weighted by atomic mass is 10.1. The van der Waals surface area contributed by atoms with E-state index >= 15 is 0 Å². The standard InChI is InChI=1S/C18H16ClN3O3/c1-24-15-5-3-4-14(17(15)25-2)18(23)21-16-10-11-20-22(16)13-8-6-12(19)7-9-13/h3-11H,1-2H3,(H,21,23). The van der Waals surface area contributed by atoms with Crippen LogP contribution in [0.4, 0.5) is 5.82 Å². The molecule has 0 radical (unpaired) electrons. The molecule has 3 rings (SSSR count). The summed E-state index contributed by atoms with van der Waals surface area (Å²) in [6.07, 6.45) is 1.60. The van der Waals surface area contributed by atoms with E-state index in [1.54, 1.807) is 47.3 Å². The molecule has 1 heterocycles. The first-order valence-electron chi connectivity index (χ1n) is 7.46. The Bertz CT molecular complexity index is 891. The number of methoxy groups -OCH3 is 2. The lowest BCUT2D eigenvalue weighted by molar-refractivity contribution is 0.102. The Morgan fingerprint density at radius 2 is 1.84 bits per heavy atom. The smallest absolute Gasteiger partial charge is 0.260 e. The number of rotatable bonds is 5. The highest BCUT2D eigenvalue weighted by molar-refractivity contribution is 6.30. The van der Waals surface area contributed by atoms with Gasteiger partial charge in [0, 0.05) is 11.1 Å². The Morgan fingerprint density at radius 1 is 1.08 bits per heavy atom. The molecule has 6 nitrogen and oxygen atoms in total. The molecule has 1 amide bonds. The van der Waals surface area contributed by atoms with Gasteiger partial charge in [-0.3, -0.25) is 4.79 Å². The summed E-state index contributed by atoms with van der Waals surface area (Å²) < 4.78 is 12.2. The van der Waals surface area contributed by atoms with Crippen molar-refractivity contribution in [2.24, 2.45) is 0 Å². The summed E-state index contributed by atoms with van der Waals surface area (Å²) in [7, 11) is 3.02. The summed E-state index contributed by atoms with van der Waals surface area (Å²) in [5.74, 6) is 1.06. The maximum atomic E-state index is 12.7. The molecule has 0 bridgehead atoms. The quantitative estimate of drug-likeness (QED) is 0.754. The normalized spacial score (nSPS) is 10.4. The van der Waals surface area contributed by atoms with Crippen LogP contribution in [0.1, 0.15) is 10.4 Å². The molecule has 3 aromatic rings. The number of nitrogens with one attached hydrogen (secondary N) is 1. The molecule has 0 saturated heterocycles. The Kier molecular flexibility index (Phi) is 4.90. The molecule has 0 fully saturated rings. The zero-order chi connectivity index (χ0) is 17.8. The van der Waals surface area contributed by atoms with Crippen LogP contribution in [0.2, 0.25) is 5.02 Å². The third-order valence-corrected chi connectivity index (χ3v) is 3.86. The van der Waals surface area contributed by atoms with Crippen LogP contribution in [0.5, 0.6) is 11.5 Å². The molecule has 25 heavy (non-hydrogen) atoms. The fourth-order valence-corrected chi connectivity index (χ4v) is 2.56. The number of carbonyl (C=O) groups excluding carboxylic acids is 1. The number of hydrogen-bond acceptors (Lipinski definition) is 4. The molecule has 7 heteroatoms. The fraction of sp³-hybridized carbons (Fsp3) is 0.111. The van der Waals surface area contributed by atoms with E-state index in [0.29, 0.717) is 27.9 Å². The average molecular weight is 358 g/mol. The minimum Gasteiger partial charge on any atom is -0.493 e. The summed E-state index contributed by atoms with van der Waals surface area (Å²) in [5, 5.41) is 7.71. The summed E-state index contributed by atoms with van der Waals surface area (Å²) in [6.45, 7) is 0. The van der Waals surface area contributed by atoms with Crippen molar-refractivity contribution in [3.8, 4) is 17.2 Å². The molecule has 0 aliphatic heterocycles. The molecule has 0 atom stereocenters. The summed E-state index contributed by atoms with van der Waals surface area (Å²) in [4.78, 5) is 12.7. The second-order valence-corrected chi connectivity index (χ2v) is 5.54. The van der Waals surface area contributed by atoms with Gasteiger partial charge >= 0.3 is 0 Å². The Balaban J connectivity index is 1.91. The van der Waals surface area contributed by atoms with Gasteiger partial charge < -0.3 is 14.8 Å². The average Bonchev–Trinajstić information content (AvgIpc) is 3.09. The van der Waals surface area contributed by atoms with Crippen LogP contribution >= 0.6 is 11.6 Å². The topological polar surface area (TPSA) is 65.4 Å². The van der Waals surface area contributed by atoms with Gasteiger partial charge in [-0.1, -0.05) is 17.7 Å². The number of aromatic nitrogens is 2. The van der Waals surface area contributed by atoms with Gasteiger partial charge in [-0.25, -0.2) is 4.68 Å². The minimum atomic E-state index is -0.327. The number of carbonyl (C=O) groups is 1. The van der Waals surface area contributed by atoms with E-state index in [-0.39, 0.29) is 5.91 Å². The number of para-hydroxylation sites is 1. The zero-order valence-corrected chi connectivity index (χ0v) is 14.4. The van der Waals surface area contributed by atoms with Crippen LogP contribution in [-0.2, 0) is 0 Å². The summed E-state index contributed by atoms with van der Waals surface area (Å²) in [6, 6.07) is 14.0. The molecule has 0 saturated carbocycles. The van der Waals surface area contributed by atoms with E-state index in [1.165, 1.54) is 14.2 Å². The molecular weight excluding hydrogens is 342 g/mol. The number of nitrogens with zero attached hydrogens (tertiary/aromatic N) is 2. The van der Waals surface area contributed by atoms with E-state index < -0.39 is 0 Å². The Hall–Kier alpha value is -2.99. The highest BCUT2D eigenvalue weighted by Gasteiger charge is 2.18. The second-order valence-electron chi connectivity index (χ2n) is 5.10. The predicted molar refractivity (Wildman–Crippen MR) is 96.1 cm³/mol. The van der Waals surface area contributed by atoms with E-state index in [4.69, 9.17) is 21.1 Å². The number of benzene rings is 2. The lowest BCUT2D eigenvalue weighted by Crippen LogP contribution is -2.16. The van der Waals surface area contributed by atoms with Crippen molar-refractivity contribution in [1.29, 1.82) is 0 Å². The van der Waals surface area contributed by atoms with Crippen LogP contribution in [0.15, 0.2) is 54.7 Å². The van der Waals surface area contributed by atoms with Crippen molar-refractivity contribution < 1.29 is 14.3 Å². The molecule has 0 unspecified atom stereocenters. The fourth-order valence-electron chi connectivity index (χ4n) is 2.44. The van der Waals surface area contributed by atoms with Crippen molar-refractivity contribution in [2.75, 3.05) is 19.5 Å². The predicted octanol–water partition coefficient (Wildman–Crippen LogP) is 3.80. The zero-order valence-electron chi connectivity index (χ0n) is 13.7. The van der Waals surface area contributed by atoms with Crippen LogP contribution in [0.25, 0.3) is 5.69 Å². The first-order valence-corrected chi connectivity index (χ1v) is 7.84. The Labute approximate surface area is 149 Å². The van der Waals surface area contributed by atoms with Gasteiger partial charge in [-0.2, -0.15) is 5.10 Å². The largest absolute Gasteiger partial charge is 0.493 e. The van der Waals surface area contributed by atoms with E-state index in [1.807, 2.05) is 12.1 Å². The summed E-state index contributed by atoms with van der Waals surface area (Å²) in [5.41, 5.74) is 1.15. The van der Waals surface area contributed by atoms with Crippen molar-refractivity contribution in [1.82, 2.24) is 9.78 Å². The van der Waals surface area contributed by atoms with Crippen molar-refractivity contribution in [3.63, 3.8) is 0 Å². The molecule has 0 aliphatic carbocycles. The van der Waals surface area contributed by atoms with Crippen LogP contribution in [-0.4, -0.2) is 29.9 Å². The number of anilines is 1.